The highest BCUT2D eigenvalue weighted by Crippen LogP contribution is 2.20. The Morgan fingerprint density at radius 3 is 2.45 bits per heavy atom. The normalized spacial score (nSPS) is 23.9. The molecule has 2 unspecified atom stereocenters. The zero-order valence-electron chi connectivity index (χ0n) is 12.3. The summed E-state index contributed by atoms with van der Waals surface area (Å²) in [4.78, 5) is 2.63. The minimum atomic E-state index is -3.36. The Morgan fingerprint density at radius 2 is 1.95 bits per heavy atom. The van der Waals surface area contributed by atoms with Gasteiger partial charge >= 0.3 is 0 Å². The first kappa shape index (κ1) is 15.3. The molecule has 2 atom stereocenters. The average Bonchev–Trinajstić information content (AvgIpc) is 2.69. The number of hydrogen-bond acceptors (Lipinski definition) is 4. The number of nitrogens with zero attached hydrogens (tertiary/aromatic N) is 1. The molecule has 0 aliphatic carbocycles. The fourth-order valence-corrected chi connectivity index (χ4v) is 3.58. The van der Waals surface area contributed by atoms with Crippen LogP contribution >= 0.6 is 0 Å². The van der Waals surface area contributed by atoms with E-state index in [-0.39, 0.29) is 0 Å². The Kier molecular flexibility index (Phi) is 4.67. The Balaban J connectivity index is 2.02. The fraction of sp³-hybridized carbons (Fsp3) is 0.571. The molecule has 1 fully saturated rings. The molecule has 0 amide bonds. The molecule has 20 heavy (non-hydrogen) atoms. The van der Waals surface area contributed by atoms with Gasteiger partial charge in [-0.1, -0.05) is 6.92 Å². The fourth-order valence-electron chi connectivity index (χ4n) is 2.54. The Morgan fingerprint density at radius 1 is 1.30 bits per heavy atom. The molecule has 1 aromatic carbocycles. The lowest BCUT2D eigenvalue weighted by Crippen LogP contribution is -2.25. The maximum absolute atomic E-state index is 11.8. The van der Waals surface area contributed by atoms with Crippen LogP contribution in [0.1, 0.15) is 20.3 Å². The van der Waals surface area contributed by atoms with Gasteiger partial charge in [0.15, 0.2) is 0 Å². The molecule has 0 bridgehead atoms. The highest BCUT2D eigenvalue weighted by molar-refractivity contribution is 7.89. The van der Waals surface area contributed by atoms with E-state index in [9.17, 15) is 8.42 Å². The first-order valence-corrected chi connectivity index (χ1v) is 8.47. The average molecular weight is 297 g/mol. The zero-order valence-corrected chi connectivity index (χ0v) is 13.1. The highest BCUT2D eigenvalue weighted by Gasteiger charge is 2.25. The maximum atomic E-state index is 11.8. The quantitative estimate of drug-likeness (QED) is 0.864. The summed E-state index contributed by atoms with van der Waals surface area (Å²) in [5, 5.41) is 3.46. The van der Waals surface area contributed by atoms with Crippen LogP contribution in [-0.2, 0) is 10.0 Å². The summed E-state index contributed by atoms with van der Waals surface area (Å²) in [6, 6.07) is 7.94. The van der Waals surface area contributed by atoms with E-state index >= 15 is 0 Å². The first-order valence-electron chi connectivity index (χ1n) is 6.99. The molecule has 1 aliphatic heterocycles. The largest absolute Gasteiger partial charge is 0.381 e. The minimum absolute atomic E-state index is 0.307. The maximum Gasteiger partial charge on any atom is 0.240 e. The van der Waals surface area contributed by atoms with Gasteiger partial charge in [-0.3, -0.25) is 0 Å². The van der Waals surface area contributed by atoms with Crippen LogP contribution in [0.15, 0.2) is 29.2 Å². The first-order chi connectivity index (χ1) is 9.42. The van der Waals surface area contributed by atoms with E-state index < -0.39 is 10.0 Å². The van der Waals surface area contributed by atoms with Crippen LogP contribution in [0.3, 0.4) is 0 Å². The van der Waals surface area contributed by atoms with Crippen molar-refractivity contribution in [2.75, 3.05) is 25.5 Å². The van der Waals surface area contributed by atoms with Crippen molar-refractivity contribution in [3.63, 3.8) is 0 Å². The second-order valence-corrected chi connectivity index (χ2v) is 7.16. The van der Waals surface area contributed by atoms with E-state index in [1.807, 2.05) is 12.1 Å². The van der Waals surface area contributed by atoms with Gasteiger partial charge in [0.25, 0.3) is 0 Å². The summed E-state index contributed by atoms with van der Waals surface area (Å²) < 4.78 is 26.2. The lowest BCUT2D eigenvalue weighted by Gasteiger charge is -2.14. The summed E-state index contributed by atoms with van der Waals surface area (Å²) in [7, 11) is -1.23. The molecule has 1 saturated heterocycles. The molecule has 0 aromatic heterocycles. The number of anilines is 1. The molecule has 0 saturated carbocycles. The molecular formula is C14H23N3O2S. The van der Waals surface area contributed by atoms with Crippen molar-refractivity contribution < 1.29 is 8.42 Å². The van der Waals surface area contributed by atoms with Gasteiger partial charge < -0.3 is 10.2 Å². The second kappa shape index (κ2) is 6.11. The summed E-state index contributed by atoms with van der Waals surface area (Å²) in [6.45, 7) is 5.40. The van der Waals surface area contributed by atoms with Crippen molar-refractivity contribution in [1.29, 1.82) is 0 Å². The third kappa shape index (κ3) is 3.50. The monoisotopic (exact) mass is 297 g/mol. The highest BCUT2D eigenvalue weighted by atomic mass is 32.2. The van der Waals surface area contributed by atoms with Crippen LogP contribution in [0, 0.1) is 0 Å². The summed E-state index contributed by atoms with van der Waals surface area (Å²) >= 11 is 0. The molecule has 5 nitrogen and oxygen atoms in total. The van der Waals surface area contributed by atoms with E-state index in [0.717, 1.165) is 18.7 Å². The topological polar surface area (TPSA) is 61.4 Å². The van der Waals surface area contributed by atoms with Crippen molar-refractivity contribution in [1.82, 2.24) is 9.62 Å². The van der Waals surface area contributed by atoms with Crippen molar-refractivity contribution in [3.8, 4) is 0 Å². The zero-order chi connectivity index (χ0) is 14.8. The number of benzene rings is 1. The summed E-state index contributed by atoms with van der Waals surface area (Å²) in [5.74, 6) is 0. The molecular weight excluding hydrogens is 274 g/mol. The Hall–Kier alpha value is -1.11. The number of hydrogen-bond donors (Lipinski definition) is 2. The lowest BCUT2D eigenvalue weighted by atomic mass is 10.2. The predicted molar refractivity (Wildman–Crippen MR) is 81.4 cm³/mol. The van der Waals surface area contributed by atoms with Gasteiger partial charge in [-0.05, 0) is 44.7 Å². The standard InChI is InChI=1S/C14H23N3O2S/c1-4-15-20(18,19)14-7-5-12(6-8-14)16-13-9-11(2)17(3)10-13/h5-8,11,13,15-16H,4,9-10H2,1-3H3. The minimum Gasteiger partial charge on any atom is -0.381 e. The predicted octanol–water partition coefficient (Wildman–Crippen LogP) is 1.49. The molecule has 1 aromatic rings. The molecule has 0 radical (unpaired) electrons. The Labute approximate surface area is 121 Å². The van der Waals surface area contributed by atoms with Gasteiger partial charge in [-0.2, -0.15) is 0 Å². The molecule has 1 aliphatic rings. The summed E-state index contributed by atoms with van der Waals surface area (Å²) in [5.41, 5.74) is 0.966. The van der Waals surface area contributed by atoms with Gasteiger partial charge in [0, 0.05) is 30.9 Å². The van der Waals surface area contributed by atoms with E-state index in [2.05, 4.69) is 28.9 Å². The molecule has 6 heteroatoms. The van der Waals surface area contributed by atoms with E-state index in [0.29, 0.717) is 23.5 Å². The third-order valence-corrected chi connectivity index (χ3v) is 5.32. The Bertz CT molecular complexity index is 532. The molecule has 112 valence electrons. The van der Waals surface area contributed by atoms with Crippen LogP contribution in [0.5, 0.6) is 0 Å². The van der Waals surface area contributed by atoms with Gasteiger partial charge in [0.1, 0.15) is 0 Å². The number of likely N-dealkylation sites (N-methyl/N-ethyl adjacent to an activating group) is 1. The molecule has 1 heterocycles. The van der Waals surface area contributed by atoms with E-state index in [1.54, 1.807) is 19.1 Å². The second-order valence-electron chi connectivity index (χ2n) is 5.39. The third-order valence-electron chi connectivity index (χ3n) is 3.76. The summed E-state index contributed by atoms with van der Waals surface area (Å²) in [6.07, 6.45) is 1.11. The molecule has 2 rings (SSSR count). The van der Waals surface area contributed by atoms with Crippen molar-refractivity contribution in [2.24, 2.45) is 0 Å². The van der Waals surface area contributed by atoms with Crippen molar-refractivity contribution >= 4 is 15.7 Å². The SMILES string of the molecule is CCNS(=O)(=O)c1ccc(NC2CC(C)N(C)C2)cc1. The number of likely N-dealkylation sites (tertiary alicyclic amines) is 1. The van der Waals surface area contributed by atoms with Crippen molar-refractivity contribution in [2.45, 2.75) is 37.2 Å². The number of rotatable bonds is 5. The molecule has 0 spiro atoms. The lowest BCUT2D eigenvalue weighted by molar-refractivity contribution is 0.330. The van der Waals surface area contributed by atoms with Crippen LogP contribution in [0.4, 0.5) is 5.69 Å². The van der Waals surface area contributed by atoms with Crippen LogP contribution in [-0.4, -0.2) is 45.5 Å². The van der Waals surface area contributed by atoms with Crippen LogP contribution in [0.2, 0.25) is 0 Å². The van der Waals surface area contributed by atoms with Crippen LogP contribution < -0.4 is 10.0 Å². The van der Waals surface area contributed by atoms with Gasteiger partial charge in [0.2, 0.25) is 10.0 Å². The van der Waals surface area contributed by atoms with Gasteiger partial charge in [0.05, 0.1) is 4.90 Å². The molecule has 2 N–H and O–H groups in total. The van der Waals surface area contributed by atoms with E-state index in [1.165, 1.54) is 0 Å². The van der Waals surface area contributed by atoms with Gasteiger partial charge in [-0.15, -0.1) is 0 Å². The smallest absolute Gasteiger partial charge is 0.240 e. The van der Waals surface area contributed by atoms with Gasteiger partial charge in [-0.25, -0.2) is 13.1 Å². The number of nitrogens with one attached hydrogen (secondary N) is 2. The van der Waals surface area contributed by atoms with Crippen LogP contribution in [0.25, 0.3) is 0 Å². The van der Waals surface area contributed by atoms with E-state index in [4.69, 9.17) is 0 Å². The van der Waals surface area contributed by atoms with Crippen molar-refractivity contribution in [3.05, 3.63) is 24.3 Å². The number of sulfonamides is 1.